The zero-order valence-electron chi connectivity index (χ0n) is 7.06. The van der Waals surface area contributed by atoms with Crippen molar-refractivity contribution in [3.8, 4) is 5.75 Å². The lowest BCUT2D eigenvalue weighted by molar-refractivity contribution is 0.0516. The Hall–Kier alpha value is -1.29. The number of rotatable bonds is 2. The third kappa shape index (κ3) is 2.91. The van der Waals surface area contributed by atoms with Gasteiger partial charge in [0.1, 0.15) is 5.75 Å². The molecule has 72 valence electrons. The van der Waals surface area contributed by atoms with E-state index in [2.05, 4.69) is 9.72 Å². The van der Waals surface area contributed by atoms with Crippen molar-refractivity contribution in [1.29, 1.82) is 0 Å². The summed E-state index contributed by atoms with van der Waals surface area (Å²) in [5.41, 5.74) is -0.0423. The van der Waals surface area contributed by atoms with E-state index in [1.54, 1.807) is 6.92 Å². The van der Waals surface area contributed by atoms with E-state index >= 15 is 0 Å². The minimum absolute atomic E-state index is 0. The second-order valence-corrected chi connectivity index (χ2v) is 2.09. The maximum Gasteiger partial charge on any atom is 0.360 e. The van der Waals surface area contributed by atoms with Crippen molar-refractivity contribution in [2.24, 2.45) is 0 Å². The molecule has 0 aliphatic rings. The summed E-state index contributed by atoms with van der Waals surface area (Å²) < 4.78 is 4.65. The molecule has 1 aromatic heterocycles. The van der Waals surface area contributed by atoms with E-state index in [1.165, 1.54) is 18.3 Å². The van der Waals surface area contributed by atoms with Crippen molar-refractivity contribution < 1.29 is 14.6 Å². The molecule has 0 aliphatic carbocycles. The van der Waals surface area contributed by atoms with Crippen LogP contribution in [0.5, 0.6) is 5.75 Å². The van der Waals surface area contributed by atoms with Crippen molar-refractivity contribution in [2.75, 3.05) is 6.61 Å². The van der Waals surface area contributed by atoms with E-state index in [4.69, 9.17) is 5.11 Å². The van der Waals surface area contributed by atoms with Gasteiger partial charge >= 0.3 is 5.97 Å². The van der Waals surface area contributed by atoms with Crippen LogP contribution in [0.25, 0.3) is 0 Å². The summed E-state index contributed by atoms with van der Waals surface area (Å²) in [6, 6.07) is 2.93. The Morgan fingerprint density at radius 2 is 2.38 bits per heavy atom. The smallest absolute Gasteiger partial charge is 0.360 e. The molecule has 0 aliphatic heterocycles. The summed E-state index contributed by atoms with van der Waals surface area (Å²) in [7, 11) is 0. The van der Waals surface area contributed by atoms with Gasteiger partial charge in [-0.3, -0.25) is 0 Å². The molecule has 0 saturated heterocycles. The summed E-state index contributed by atoms with van der Waals surface area (Å²) in [6.07, 6.45) is 1.42. The molecule has 1 rings (SSSR count). The molecule has 0 fully saturated rings. The highest BCUT2D eigenvalue weighted by atomic mass is 35.5. The molecule has 0 bridgehead atoms. The lowest BCUT2D eigenvalue weighted by Crippen LogP contribution is -2.06. The maximum absolute atomic E-state index is 11.0. The highest BCUT2D eigenvalue weighted by Crippen LogP contribution is 2.13. The van der Waals surface area contributed by atoms with E-state index in [1.807, 2.05) is 0 Å². The molecule has 0 amide bonds. The first kappa shape index (κ1) is 11.7. The maximum atomic E-state index is 11.0. The standard InChI is InChI=1S/C8H9NO3.ClH/c1-2-12-8(11)7-6(10)4-3-5-9-7;/h3-5,10H,2H2,1H3;1H. The third-order valence-corrected chi connectivity index (χ3v) is 1.26. The van der Waals surface area contributed by atoms with Crippen molar-refractivity contribution in [3.63, 3.8) is 0 Å². The van der Waals surface area contributed by atoms with Crippen LogP contribution in [-0.2, 0) is 4.74 Å². The molecule has 13 heavy (non-hydrogen) atoms. The number of halogens is 1. The Labute approximate surface area is 82.0 Å². The number of hydrogen-bond acceptors (Lipinski definition) is 4. The monoisotopic (exact) mass is 203 g/mol. The van der Waals surface area contributed by atoms with Gasteiger partial charge in [0.2, 0.25) is 0 Å². The van der Waals surface area contributed by atoms with Crippen LogP contribution in [0.3, 0.4) is 0 Å². The number of carbonyl (C=O) groups is 1. The fourth-order valence-electron chi connectivity index (χ4n) is 0.754. The second kappa shape index (κ2) is 5.37. The van der Waals surface area contributed by atoms with E-state index in [9.17, 15) is 4.79 Å². The van der Waals surface area contributed by atoms with Crippen LogP contribution in [0, 0.1) is 0 Å². The van der Waals surface area contributed by atoms with Gasteiger partial charge in [0, 0.05) is 6.20 Å². The minimum atomic E-state index is -0.601. The highest BCUT2D eigenvalue weighted by molar-refractivity contribution is 5.89. The van der Waals surface area contributed by atoms with Crippen molar-refractivity contribution in [2.45, 2.75) is 6.92 Å². The van der Waals surface area contributed by atoms with Gasteiger partial charge in [-0.25, -0.2) is 9.78 Å². The number of pyridine rings is 1. The van der Waals surface area contributed by atoms with Gasteiger partial charge in [0.15, 0.2) is 5.69 Å². The van der Waals surface area contributed by atoms with E-state index < -0.39 is 5.97 Å². The topological polar surface area (TPSA) is 59.4 Å². The summed E-state index contributed by atoms with van der Waals surface area (Å²) >= 11 is 0. The van der Waals surface area contributed by atoms with Crippen molar-refractivity contribution in [3.05, 3.63) is 24.0 Å². The predicted molar refractivity (Wildman–Crippen MR) is 49.1 cm³/mol. The molecule has 5 heteroatoms. The summed E-state index contributed by atoms with van der Waals surface area (Å²) in [4.78, 5) is 14.7. The van der Waals surface area contributed by atoms with Crippen LogP contribution in [0.4, 0.5) is 0 Å². The summed E-state index contributed by atoms with van der Waals surface area (Å²) in [5.74, 6) is -0.758. The average molecular weight is 204 g/mol. The van der Waals surface area contributed by atoms with Gasteiger partial charge in [-0.15, -0.1) is 12.4 Å². The first-order chi connectivity index (χ1) is 5.75. The largest absolute Gasteiger partial charge is 0.505 e. The highest BCUT2D eigenvalue weighted by Gasteiger charge is 2.11. The lowest BCUT2D eigenvalue weighted by atomic mass is 10.3. The Morgan fingerprint density at radius 3 is 2.92 bits per heavy atom. The minimum Gasteiger partial charge on any atom is -0.505 e. The molecule has 0 radical (unpaired) electrons. The first-order valence-electron chi connectivity index (χ1n) is 3.56. The van der Waals surface area contributed by atoms with Crippen LogP contribution in [-0.4, -0.2) is 22.7 Å². The van der Waals surface area contributed by atoms with Gasteiger partial charge in [0.25, 0.3) is 0 Å². The summed E-state index contributed by atoms with van der Waals surface area (Å²) in [5, 5.41) is 9.14. The molecular weight excluding hydrogens is 194 g/mol. The first-order valence-corrected chi connectivity index (χ1v) is 3.56. The molecular formula is C8H10ClNO3. The van der Waals surface area contributed by atoms with E-state index in [0.717, 1.165) is 0 Å². The van der Waals surface area contributed by atoms with Crippen molar-refractivity contribution in [1.82, 2.24) is 4.98 Å². The molecule has 4 nitrogen and oxygen atoms in total. The van der Waals surface area contributed by atoms with Crippen LogP contribution in [0.2, 0.25) is 0 Å². The molecule has 0 aromatic carbocycles. The number of aromatic hydroxyl groups is 1. The molecule has 1 aromatic rings. The number of ether oxygens (including phenoxy) is 1. The zero-order chi connectivity index (χ0) is 8.97. The quantitative estimate of drug-likeness (QED) is 0.738. The number of carbonyl (C=O) groups excluding carboxylic acids is 1. The fraction of sp³-hybridized carbons (Fsp3) is 0.250. The zero-order valence-corrected chi connectivity index (χ0v) is 7.87. The Bertz CT molecular complexity index is 290. The Morgan fingerprint density at radius 1 is 1.69 bits per heavy atom. The Balaban J connectivity index is 0.00000144. The SMILES string of the molecule is CCOC(=O)c1ncccc1O.Cl. The van der Waals surface area contributed by atoms with Crippen molar-refractivity contribution >= 4 is 18.4 Å². The van der Waals surface area contributed by atoms with E-state index in [-0.39, 0.29) is 30.5 Å². The van der Waals surface area contributed by atoms with Gasteiger partial charge < -0.3 is 9.84 Å². The molecule has 1 N–H and O–H groups in total. The predicted octanol–water partition coefficient (Wildman–Crippen LogP) is 1.39. The summed E-state index contributed by atoms with van der Waals surface area (Å²) in [6.45, 7) is 1.97. The van der Waals surface area contributed by atoms with Crippen LogP contribution >= 0.6 is 12.4 Å². The van der Waals surface area contributed by atoms with Gasteiger partial charge in [0.05, 0.1) is 6.61 Å². The van der Waals surface area contributed by atoms with Crippen LogP contribution in [0.1, 0.15) is 17.4 Å². The molecule has 0 spiro atoms. The number of hydrogen-bond donors (Lipinski definition) is 1. The number of nitrogens with zero attached hydrogens (tertiary/aromatic N) is 1. The fourth-order valence-corrected chi connectivity index (χ4v) is 0.754. The van der Waals surface area contributed by atoms with Crippen LogP contribution < -0.4 is 0 Å². The average Bonchev–Trinajstić information content (AvgIpc) is 2.05. The van der Waals surface area contributed by atoms with Gasteiger partial charge in [-0.1, -0.05) is 0 Å². The van der Waals surface area contributed by atoms with E-state index in [0.29, 0.717) is 0 Å². The van der Waals surface area contributed by atoms with Crippen LogP contribution in [0.15, 0.2) is 18.3 Å². The Kier molecular flexibility index (Phi) is 4.84. The second-order valence-electron chi connectivity index (χ2n) is 2.09. The normalized spacial score (nSPS) is 8.69. The van der Waals surface area contributed by atoms with Gasteiger partial charge in [-0.05, 0) is 19.1 Å². The molecule has 0 atom stereocenters. The third-order valence-electron chi connectivity index (χ3n) is 1.26. The molecule has 0 saturated carbocycles. The number of aromatic nitrogens is 1. The van der Waals surface area contributed by atoms with Gasteiger partial charge in [-0.2, -0.15) is 0 Å². The molecule has 0 unspecified atom stereocenters. The number of esters is 1. The molecule has 1 heterocycles. The lowest BCUT2D eigenvalue weighted by Gasteiger charge is -2.01.